The number of hydrogen-bond donors (Lipinski definition) is 2. The van der Waals surface area contributed by atoms with Crippen molar-refractivity contribution in [3.63, 3.8) is 0 Å². The van der Waals surface area contributed by atoms with E-state index in [1.54, 1.807) is 6.07 Å². The molecule has 0 spiro atoms. The van der Waals surface area contributed by atoms with E-state index in [1.165, 1.54) is 7.05 Å². The normalized spacial score (nSPS) is 10.1. The molecular weight excluding hydrogens is 272 g/mol. The number of benzene rings is 1. The van der Waals surface area contributed by atoms with Gasteiger partial charge < -0.3 is 0 Å². The number of nitrogens with two attached hydrogens (primary N) is 2. The van der Waals surface area contributed by atoms with E-state index in [4.69, 9.17) is 11.7 Å². The van der Waals surface area contributed by atoms with Gasteiger partial charge in [0.2, 0.25) is 0 Å². The third-order valence-corrected chi connectivity index (χ3v) is 2.85. The zero-order chi connectivity index (χ0) is 12.3. The Morgan fingerprint density at radius 1 is 1.44 bits per heavy atom. The van der Waals surface area contributed by atoms with Crippen LogP contribution in [0.25, 0.3) is 0 Å². The quantitative estimate of drug-likeness (QED) is 0.374. The van der Waals surface area contributed by atoms with E-state index < -0.39 is 6.03 Å². The van der Waals surface area contributed by atoms with E-state index in [0.717, 1.165) is 21.1 Å². The number of halogens is 1. The van der Waals surface area contributed by atoms with Crippen molar-refractivity contribution < 1.29 is 4.79 Å². The van der Waals surface area contributed by atoms with E-state index in [2.05, 4.69) is 15.9 Å². The number of aryl methyl sites for hydroxylation is 1. The number of alkyl halides is 1. The molecule has 0 atom stereocenters. The highest BCUT2D eigenvalue weighted by Crippen LogP contribution is 2.24. The van der Waals surface area contributed by atoms with Crippen molar-refractivity contribution in [3.8, 4) is 0 Å². The van der Waals surface area contributed by atoms with Gasteiger partial charge in [-0.15, -0.1) is 0 Å². The van der Waals surface area contributed by atoms with Gasteiger partial charge in [0.1, 0.15) is 0 Å². The van der Waals surface area contributed by atoms with Gasteiger partial charge in [-0.3, -0.25) is 5.01 Å². The number of anilines is 1. The maximum absolute atomic E-state index is 11.6. The minimum atomic E-state index is -0.465. The number of urea groups is 1. The van der Waals surface area contributed by atoms with Crippen molar-refractivity contribution in [3.05, 3.63) is 29.3 Å². The van der Waals surface area contributed by atoms with E-state index in [1.807, 2.05) is 19.1 Å². The Morgan fingerprint density at radius 3 is 2.56 bits per heavy atom. The number of hydrogen-bond acceptors (Lipinski definition) is 3. The molecule has 0 bridgehead atoms. The molecule has 0 heterocycles. The van der Waals surface area contributed by atoms with Crippen LogP contribution in [0.1, 0.15) is 11.1 Å². The summed E-state index contributed by atoms with van der Waals surface area (Å²) in [6.45, 7) is 1.96. The van der Waals surface area contributed by atoms with E-state index in [-0.39, 0.29) is 0 Å². The van der Waals surface area contributed by atoms with Gasteiger partial charge in [0.15, 0.2) is 0 Å². The lowest BCUT2D eigenvalue weighted by Crippen LogP contribution is -2.48. The van der Waals surface area contributed by atoms with Gasteiger partial charge in [0.25, 0.3) is 0 Å². The van der Waals surface area contributed by atoms with Gasteiger partial charge in [-0.1, -0.05) is 28.1 Å². The summed E-state index contributed by atoms with van der Waals surface area (Å²) in [5.74, 6) is 11.1. The molecule has 0 aliphatic rings. The number of hydrazine groups is 2. The molecule has 0 radical (unpaired) electrons. The van der Waals surface area contributed by atoms with Gasteiger partial charge >= 0.3 is 6.03 Å². The van der Waals surface area contributed by atoms with Gasteiger partial charge in [-0.05, 0) is 24.1 Å². The third-order valence-electron chi connectivity index (χ3n) is 2.29. The van der Waals surface area contributed by atoms with Crippen molar-refractivity contribution in [2.45, 2.75) is 12.3 Å². The highest BCUT2D eigenvalue weighted by Gasteiger charge is 2.17. The summed E-state index contributed by atoms with van der Waals surface area (Å²) in [6.07, 6.45) is 0. The zero-order valence-corrected chi connectivity index (χ0v) is 10.9. The molecule has 1 aromatic rings. The maximum atomic E-state index is 11.6. The monoisotopic (exact) mass is 286 g/mol. The minimum absolute atomic E-state index is 0.465. The molecule has 16 heavy (non-hydrogen) atoms. The highest BCUT2D eigenvalue weighted by atomic mass is 79.9. The second-order valence-corrected chi connectivity index (χ2v) is 4.03. The summed E-state index contributed by atoms with van der Waals surface area (Å²) in [7, 11) is 1.45. The van der Waals surface area contributed by atoms with Crippen LogP contribution in [-0.4, -0.2) is 18.1 Å². The summed E-state index contributed by atoms with van der Waals surface area (Å²) in [5, 5.41) is 2.62. The first-order valence-electron chi connectivity index (χ1n) is 4.70. The zero-order valence-electron chi connectivity index (χ0n) is 9.27. The van der Waals surface area contributed by atoms with Crippen LogP contribution in [0.5, 0.6) is 0 Å². The Balaban J connectivity index is 3.13. The molecule has 1 aromatic carbocycles. The summed E-state index contributed by atoms with van der Waals surface area (Å²) >= 11 is 3.38. The molecule has 0 aliphatic heterocycles. The largest absolute Gasteiger partial charge is 0.352 e. The van der Waals surface area contributed by atoms with Crippen LogP contribution >= 0.6 is 15.9 Å². The minimum Gasteiger partial charge on any atom is -0.264 e. The predicted molar refractivity (Wildman–Crippen MR) is 67.8 cm³/mol. The van der Waals surface area contributed by atoms with Gasteiger partial charge in [-0.25, -0.2) is 21.5 Å². The lowest BCUT2D eigenvalue weighted by Gasteiger charge is -2.23. The molecule has 0 aromatic heterocycles. The topological polar surface area (TPSA) is 75.6 Å². The summed E-state index contributed by atoms with van der Waals surface area (Å²) in [6, 6.07) is 5.13. The van der Waals surface area contributed by atoms with Crippen molar-refractivity contribution in [1.29, 1.82) is 0 Å². The fourth-order valence-electron chi connectivity index (χ4n) is 1.36. The Kier molecular flexibility index (Phi) is 4.28. The number of carbonyl (C=O) groups is 1. The van der Waals surface area contributed by atoms with Gasteiger partial charge in [-0.2, -0.15) is 0 Å². The lowest BCUT2D eigenvalue weighted by molar-refractivity contribution is 0.216. The van der Waals surface area contributed by atoms with Crippen LogP contribution in [0, 0.1) is 6.92 Å². The second-order valence-electron chi connectivity index (χ2n) is 3.47. The number of nitrogens with zero attached hydrogens (tertiary/aromatic N) is 2. The maximum Gasteiger partial charge on any atom is 0.352 e. The molecule has 5 nitrogen and oxygen atoms in total. The molecule has 0 saturated carbocycles. The Labute approximate surface area is 103 Å². The highest BCUT2D eigenvalue weighted by molar-refractivity contribution is 9.08. The molecule has 0 aliphatic carbocycles. The predicted octanol–water partition coefficient (Wildman–Crippen LogP) is 1.50. The van der Waals surface area contributed by atoms with E-state index in [0.29, 0.717) is 11.0 Å². The Morgan fingerprint density at radius 2 is 2.06 bits per heavy atom. The first-order valence-corrected chi connectivity index (χ1v) is 5.82. The SMILES string of the molecule is Cc1cccc(N(N)C(=O)N(C)N)c1CBr. The van der Waals surface area contributed by atoms with Gasteiger partial charge in [0, 0.05) is 12.4 Å². The molecule has 88 valence electrons. The van der Waals surface area contributed by atoms with Crippen molar-refractivity contribution in [1.82, 2.24) is 5.01 Å². The average Bonchev–Trinajstić information content (AvgIpc) is 2.26. The van der Waals surface area contributed by atoms with Gasteiger partial charge in [0.05, 0.1) is 5.69 Å². The summed E-state index contributed by atoms with van der Waals surface area (Å²) in [4.78, 5) is 11.6. The Hall–Kier alpha value is -1.11. The van der Waals surface area contributed by atoms with E-state index >= 15 is 0 Å². The second kappa shape index (κ2) is 5.29. The van der Waals surface area contributed by atoms with Crippen LogP contribution in [-0.2, 0) is 5.33 Å². The fourth-order valence-corrected chi connectivity index (χ4v) is 2.09. The first-order chi connectivity index (χ1) is 7.49. The molecule has 0 unspecified atom stereocenters. The summed E-state index contributed by atoms with van der Waals surface area (Å²) < 4.78 is 0. The molecule has 2 amide bonds. The van der Waals surface area contributed by atoms with Crippen LogP contribution in [0.3, 0.4) is 0 Å². The smallest absolute Gasteiger partial charge is 0.264 e. The summed E-state index contributed by atoms with van der Waals surface area (Å²) in [5.41, 5.74) is 2.69. The van der Waals surface area contributed by atoms with Crippen molar-refractivity contribution in [2.24, 2.45) is 11.7 Å². The van der Waals surface area contributed by atoms with Crippen LogP contribution in [0.4, 0.5) is 10.5 Å². The van der Waals surface area contributed by atoms with Crippen LogP contribution in [0.2, 0.25) is 0 Å². The number of amides is 2. The van der Waals surface area contributed by atoms with Crippen molar-refractivity contribution in [2.75, 3.05) is 12.1 Å². The molecule has 1 rings (SSSR count). The molecular formula is C10H15BrN4O. The number of rotatable bonds is 2. The molecule has 4 N–H and O–H groups in total. The molecule has 0 saturated heterocycles. The lowest BCUT2D eigenvalue weighted by atomic mass is 10.1. The fraction of sp³-hybridized carbons (Fsp3) is 0.300. The van der Waals surface area contributed by atoms with E-state index in [9.17, 15) is 4.79 Å². The number of carbonyl (C=O) groups excluding carboxylic acids is 1. The Bertz CT molecular complexity index is 394. The van der Waals surface area contributed by atoms with Crippen molar-refractivity contribution >= 4 is 27.6 Å². The van der Waals surface area contributed by atoms with Crippen LogP contribution in [0.15, 0.2) is 18.2 Å². The molecule has 6 heteroatoms. The standard InChI is InChI=1S/C10H15BrN4O/c1-7-4-3-5-9(8(7)6-11)15(13)10(16)14(2)12/h3-5H,6,12-13H2,1-2H3. The molecule has 0 fully saturated rings. The average molecular weight is 287 g/mol. The third kappa shape index (κ3) is 2.52. The first kappa shape index (κ1) is 13.0. The van der Waals surface area contributed by atoms with Crippen LogP contribution < -0.4 is 16.7 Å².